The first-order valence-corrected chi connectivity index (χ1v) is 49.7. The van der Waals surface area contributed by atoms with Crippen molar-refractivity contribution in [2.75, 3.05) is 4.90 Å². The fourth-order valence-corrected chi connectivity index (χ4v) is 23.3. The van der Waals surface area contributed by atoms with E-state index in [2.05, 4.69) is 560 Å². The molecule has 0 fully saturated rings. The Hall–Kier alpha value is -18.0. The number of rotatable bonds is 15. The molecule has 0 bridgehead atoms. The van der Waals surface area contributed by atoms with Gasteiger partial charge in [0.15, 0.2) is 0 Å². The first-order chi connectivity index (χ1) is 70.8. The van der Waals surface area contributed by atoms with Crippen molar-refractivity contribution >= 4 is 115 Å². The first kappa shape index (κ1) is 85.4. The van der Waals surface area contributed by atoms with Crippen molar-refractivity contribution in [2.45, 2.75) is 17.3 Å². The van der Waals surface area contributed by atoms with Gasteiger partial charge < -0.3 is 14.0 Å². The second kappa shape index (κ2) is 36.1. The van der Waals surface area contributed by atoms with Crippen molar-refractivity contribution in [1.82, 2.24) is 9.13 Å². The average molecular weight is 1840 g/mol. The van der Waals surface area contributed by atoms with Crippen LogP contribution in [0.4, 0.5) is 17.1 Å². The van der Waals surface area contributed by atoms with E-state index in [9.17, 15) is 0 Å². The molecule has 2 aliphatic rings. The zero-order valence-electron chi connectivity index (χ0n) is 78.5. The molecule has 0 unspecified atom stereocenters. The van der Waals surface area contributed by atoms with Gasteiger partial charge in [0, 0.05) is 55.0 Å². The Labute approximate surface area is 837 Å². The lowest BCUT2D eigenvalue weighted by Crippen LogP contribution is -2.28. The van der Waals surface area contributed by atoms with E-state index in [4.69, 9.17) is 11.6 Å². The molecule has 26 aromatic rings. The Balaban J connectivity index is 0.000000122. The Kier molecular flexibility index (Phi) is 21.6. The van der Waals surface area contributed by atoms with Gasteiger partial charge in [-0.05, 0) is 293 Å². The van der Waals surface area contributed by atoms with Crippen LogP contribution in [0.1, 0.15) is 55.6 Å². The molecule has 0 radical (unpaired) electrons. The van der Waals surface area contributed by atoms with E-state index >= 15 is 0 Å². The van der Waals surface area contributed by atoms with Crippen molar-refractivity contribution < 1.29 is 0 Å². The van der Waals surface area contributed by atoms with E-state index in [0.29, 0.717) is 0 Å². The van der Waals surface area contributed by atoms with Gasteiger partial charge in [-0.3, -0.25) is 0 Å². The van der Waals surface area contributed by atoms with Gasteiger partial charge in [0.25, 0.3) is 0 Å². The number of para-hydroxylation sites is 2. The summed E-state index contributed by atoms with van der Waals surface area (Å²) in [5.41, 5.74) is 37.4. The van der Waals surface area contributed by atoms with Gasteiger partial charge in [-0.2, -0.15) is 0 Å². The minimum atomic E-state index is -0.518. The molecule has 0 saturated heterocycles. The van der Waals surface area contributed by atoms with Crippen LogP contribution in [-0.4, -0.2) is 9.13 Å². The van der Waals surface area contributed by atoms with Gasteiger partial charge in [0.05, 0.1) is 32.9 Å². The highest BCUT2D eigenvalue weighted by molar-refractivity contribution is 6.30. The molecule has 0 spiro atoms. The molecule has 0 amide bonds. The maximum atomic E-state index is 6.08. The highest BCUT2D eigenvalue weighted by Crippen LogP contribution is 2.60. The van der Waals surface area contributed by atoms with Crippen LogP contribution in [0.25, 0.3) is 165 Å². The number of aromatic nitrogens is 2. The zero-order valence-corrected chi connectivity index (χ0v) is 79.3. The maximum Gasteiger partial charge on any atom is 0.0714 e. The molecule has 0 saturated carbocycles. The van der Waals surface area contributed by atoms with Crippen LogP contribution >= 0.6 is 11.6 Å². The van der Waals surface area contributed by atoms with Gasteiger partial charge in [0.2, 0.25) is 0 Å². The van der Waals surface area contributed by atoms with Crippen LogP contribution in [-0.2, 0) is 17.3 Å². The van der Waals surface area contributed by atoms with Gasteiger partial charge >= 0.3 is 0 Å². The molecular formula is C139H94ClN3. The topological polar surface area (TPSA) is 13.1 Å². The van der Waals surface area contributed by atoms with Crippen LogP contribution in [0.3, 0.4) is 0 Å². The summed E-state index contributed by atoms with van der Waals surface area (Å²) in [5, 5.41) is 15.8. The minimum absolute atomic E-state index is 0.357. The third-order valence-corrected chi connectivity index (χ3v) is 30.1. The Morgan fingerprint density at radius 3 is 0.902 bits per heavy atom. The van der Waals surface area contributed by atoms with Crippen molar-refractivity contribution in [1.29, 1.82) is 0 Å². The Morgan fingerprint density at radius 2 is 0.476 bits per heavy atom. The molecule has 2 aromatic heterocycles. The molecule has 0 N–H and O–H groups in total. The number of hydrogen-bond acceptors (Lipinski definition) is 1. The number of nitrogens with zero attached hydrogens (tertiary/aromatic N) is 3. The smallest absolute Gasteiger partial charge is 0.0714 e. The lowest BCUT2D eigenvalue weighted by atomic mass is 9.67. The molecule has 24 aromatic carbocycles. The lowest BCUT2D eigenvalue weighted by Gasteiger charge is -2.35. The summed E-state index contributed by atoms with van der Waals surface area (Å²) in [6.45, 7) is 0. The second-order valence-corrected chi connectivity index (χ2v) is 38.3. The molecule has 672 valence electrons. The van der Waals surface area contributed by atoms with Crippen LogP contribution in [0.5, 0.6) is 0 Å². The summed E-state index contributed by atoms with van der Waals surface area (Å²) in [6, 6.07) is 204. The predicted octanol–water partition coefficient (Wildman–Crippen LogP) is 37.0. The quantitative estimate of drug-likeness (QED) is 0.0997. The van der Waals surface area contributed by atoms with Crippen molar-refractivity contribution in [3.8, 4) is 78.1 Å². The summed E-state index contributed by atoms with van der Waals surface area (Å²) < 4.78 is 4.77. The largest absolute Gasteiger partial charge is 0.310 e. The molecule has 2 aliphatic carbocycles. The Bertz CT molecular complexity index is 9270. The number of anilines is 3. The van der Waals surface area contributed by atoms with E-state index in [0.717, 1.165) is 34.2 Å². The van der Waals surface area contributed by atoms with Crippen LogP contribution in [0, 0.1) is 0 Å². The summed E-state index contributed by atoms with van der Waals surface area (Å²) in [6.07, 6.45) is 0.890. The molecule has 2 heterocycles. The van der Waals surface area contributed by atoms with E-state index < -0.39 is 5.41 Å². The summed E-state index contributed by atoms with van der Waals surface area (Å²) in [7, 11) is 0. The fraction of sp³-hybridized carbons (Fsp3) is 0.0216. The van der Waals surface area contributed by atoms with Gasteiger partial charge in [-0.25, -0.2) is 0 Å². The van der Waals surface area contributed by atoms with E-state index in [1.165, 1.54) is 215 Å². The number of hydrogen-bond donors (Lipinski definition) is 0. The second-order valence-electron chi connectivity index (χ2n) is 37.8. The highest BCUT2D eigenvalue weighted by atomic mass is 35.5. The molecule has 0 atom stereocenters. The maximum absolute atomic E-state index is 6.08. The molecule has 28 rings (SSSR count). The van der Waals surface area contributed by atoms with Gasteiger partial charge in [0.1, 0.15) is 0 Å². The number of benzene rings is 24. The van der Waals surface area contributed by atoms with Gasteiger partial charge in [-0.15, -0.1) is 0 Å². The molecule has 0 aliphatic heterocycles. The van der Waals surface area contributed by atoms with Crippen molar-refractivity contribution in [3.05, 3.63) is 619 Å². The normalized spacial score (nSPS) is 12.5. The van der Waals surface area contributed by atoms with Gasteiger partial charge in [-0.1, -0.05) is 448 Å². The monoisotopic (exact) mass is 1840 g/mol. The number of halogens is 1. The van der Waals surface area contributed by atoms with Crippen LogP contribution < -0.4 is 4.90 Å². The minimum Gasteiger partial charge on any atom is -0.310 e. The predicted molar refractivity (Wildman–Crippen MR) is 603 cm³/mol. The summed E-state index contributed by atoms with van der Waals surface area (Å²) in [4.78, 5) is 2.43. The molecule has 3 nitrogen and oxygen atoms in total. The molecular weight excluding hydrogens is 1750 g/mol. The Morgan fingerprint density at radius 1 is 0.182 bits per heavy atom. The standard InChI is InChI=1S/C69H46N2.C42H30.C28H18ClN/c1-3-19-55(20-4-1)69(56-21-5-2-6-22-56)65-25-13-11-23-61(65)62-41-40-60(46-66(62)69)70(57-35-29-49(30-36-57)53-28-27-47-15-7-9-17-51(47)43-53)58-37-31-50(32-38-58)54-34-42-68-64(45-54)63-24-12-14-26-67(63)71(68)59-39-33-48-16-8-10-18-52(48)44-59;1-3-13-36(14-4-1)42(37-15-5-2-6-16-37)40-18-10-9-17-38(40)39-26-21-31(28-41(39)42)27-30-19-22-33(23-20-30)35-25-24-32-11-7-8-12-34(32)29-35;29-23-13-9-20(10-14-23)22-12-16-28-26(18-22)25-7-3-4-8-27(25)30(28)24-15-11-19-5-1-2-6-21(19)17-24/h1-46H;1-26,28-29H,27H2;1-18H. The number of fused-ring (bicyclic) bond motifs is 16. The van der Waals surface area contributed by atoms with Crippen LogP contribution in [0.2, 0.25) is 5.02 Å². The van der Waals surface area contributed by atoms with Crippen LogP contribution in [0.15, 0.2) is 558 Å². The SMILES string of the molecule is Clc1ccc(-c2ccc3c(c2)c2ccccc2n3-c2ccc3ccccc3c2)cc1.c1ccc(C2(c3ccccc3)c3ccccc3-c3ccc(Cc4ccc(-c5ccc6ccccc6c5)cc4)cc32)cc1.c1ccc(C2(c3ccccc3)c3ccccc3-c3ccc(N(c4ccc(-c5ccc6ccccc6c5)cc4)c4ccc(-c5ccc6c(c5)c5ccccc5n6-c5ccc6ccccc6c5)cc4)cc32)cc1. The van der Waals surface area contributed by atoms with E-state index in [1.807, 2.05) is 12.1 Å². The fourth-order valence-electron chi connectivity index (χ4n) is 23.1. The molecule has 143 heavy (non-hydrogen) atoms. The average Bonchev–Trinajstić information content (AvgIpc) is 1.54. The van der Waals surface area contributed by atoms with Crippen molar-refractivity contribution in [3.63, 3.8) is 0 Å². The summed E-state index contributed by atoms with van der Waals surface area (Å²) >= 11 is 6.08. The third-order valence-electron chi connectivity index (χ3n) is 29.8. The van der Waals surface area contributed by atoms with E-state index in [1.54, 1.807) is 0 Å². The molecule has 4 heteroatoms. The highest BCUT2D eigenvalue weighted by Gasteiger charge is 2.48. The third kappa shape index (κ3) is 15.1. The zero-order chi connectivity index (χ0) is 94.9. The lowest BCUT2D eigenvalue weighted by molar-refractivity contribution is 0.767. The van der Waals surface area contributed by atoms with E-state index in [-0.39, 0.29) is 5.41 Å². The van der Waals surface area contributed by atoms with Crippen molar-refractivity contribution in [2.24, 2.45) is 0 Å². The first-order valence-electron chi connectivity index (χ1n) is 49.4. The summed E-state index contributed by atoms with van der Waals surface area (Å²) in [5.74, 6) is 0.